The van der Waals surface area contributed by atoms with Crippen molar-refractivity contribution in [3.05, 3.63) is 28.5 Å². The molecular formula is C13H16BrN3O. The van der Waals surface area contributed by atoms with Gasteiger partial charge in [-0.2, -0.15) is 0 Å². The van der Waals surface area contributed by atoms with Crippen LogP contribution >= 0.6 is 15.9 Å². The predicted octanol–water partition coefficient (Wildman–Crippen LogP) is 1.81. The Morgan fingerprint density at radius 3 is 3.00 bits per heavy atom. The molecule has 1 aliphatic carbocycles. The van der Waals surface area contributed by atoms with Gasteiger partial charge in [0.15, 0.2) is 0 Å². The van der Waals surface area contributed by atoms with Crippen LogP contribution in [-0.4, -0.2) is 41.0 Å². The summed E-state index contributed by atoms with van der Waals surface area (Å²) in [6, 6.07) is 4.65. The quantitative estimate of drug-likeness (QED) is 0.866. The maximum atomic E-state index is 12.1. The average molecular weight is 310 g/mol. The minimum atomic E-state index is -0.0300. The number of nitrogens with zero attached hydrogens (tertiary/aromatic N) is 2. The summed E-state index contributed by atoms with van der Waals surface area (Å²) in [5.41, 5.74) is 0.613. The van der Waals surface area contributed by atoms with E-state index < -0.39 is 0 Å². The van der Waals surface area contributed by atoms with Gasteiger partial charge in [0.1, 0.15) is 4.60 Å². The number of carbonyl (C=O) groups is 1. The molecule has 96 valence electrons. The summed E-state index contributed by atoms with van der Waals surface area (Å²) in [6.07, 6.45) is 5.38. The van der Waals surface area contributed by atoms with Gasteiger partial charge < -0.3 is 5.32 Å². The van der Waals surface area contributed by atoms with Gasteiger partial charge in [-0.15, -0.1) is 0 Å². The fraction of sp³-hybridized carbons (Fsp3) is 0.538. The zero-order valence-corrected chi connectivity index (χ0v) is 11.7. The third kappa shape index (κ3) is 2.57. The Bertz CT molecular complexity index is 461. The van der Waals surface area contributed by atoms with E-state index in [0.29, 0.717) is 10.2 Å². The summed E-state index contributed by atoms with van der Waals surface area (Å²) < 4.78 is 0.611. The number of carbonyl (C=O) groups excluding carboxylic acids is 1. The van der Waals surface area contributed by atoms with Crippen LogP contribution in [0.4, 0.5) is 0 Å². The van der Waals surface area contributed by atoms with E-state index in [1.165, 1.54) is 12.8 Å². The monoisotopic (exact) mass is 309 g/mol. The van der Waals surface area contributed by atoms with E-state index in [0.717, 1.165) is 25.6 Å². The molecule has 2 aliphatic rings. The number of nitrogens with one attached hydrogen (secondary N) is 1. The molecule has 1 aromatic rings. The molecule has 18 heavy (non-hydrogen) atoms. The summed E-state index contributed by atoms with van der Waals surface area (Å²) in [4.78, 5) is 18.7. The van der Waals surface area contributed by atoms with Crippen LogP contribution in [0.5, 0.6) is 0 Å². The number of likely N-dealkylation sites (tertiary alicyclic amines) is 1. The first kappa shape index (κ1) is 12.1. The van der Waals surface area contributed by atoms with Gasteiger partial charge in [0, 0.05) is 31.4 Å². The number of amides is 1. The number of hydrogen-bond donors (Lipinski definition) is 1. The van der Waals surface area contributed by atoms with Crippen LogP contribution < -0.4 is 5.32 Å². The summed E-state index contributed by atoms with van der Waals surface area (Å²) in [6.45, 7) is 2.11. The van der Waals surface area contributed by atoms with Crippen molar-refractivity contribution in [1.29, 1.82) is 0 Å². The minimum absolute atomic E-state index is 0.0300. The second kappa shape index (κ2) is 4.97. The van der Waals surface area contributed by atoms with E-state index in [1.54, 1.807) is 18.3 Å². The predicted molar refractivity (Wildman–Crippen MR) is 72.4 cm³/mol. The van der Waals surface area contributed by atoms with Gasteiger partial charge in [0.2, 0.25) is 0 Å². The molecule has 1 saturated carbocycles. The number of hydrogen-bond acceptors (Lipinski definition) is 3. The lowest BCUT2D eigenvalue weighted by Gasteiger charge is -2.16. The highest BCUT2D eigenvalue weighted by atomic mass is 79.9. The lowest BCUT2D eigenvalue weighted by Crippen LogP contribution is -2.37. The highest BCUT2D eigenvalue weighted by molar-refractivity contribution is 9.10. The van der Waals surface area contributed by atoms with Crippen molar-refractivity contribution in [3.8, 4) is 0 Å². The van der Waals surface area contributed by atoms with Crippen molar-refractivity contribution in [1.82, 2.24) is 15.2 Å². The zero-order chi connectivity index (χ0) is 12.5. The first-order valence-corrected chi connectivity index (χ1v) is 7.19. The zero-order valence-electron chi connectivity index (χ0n) is 10.1. The summed E-state index contributed by atoms with van der Waals surface area (Å²) in [7, 11) is 0. The molecule has 3 rings (SSSR count). The van der Waals surface area contributed by atoms with Gasteiger partial charge in [0.25, 0.3) is 5.91 Å². The fourth-order valence-electron chi connectivity index (χ4n) is 2.50. The Hall–Kier alpha value is -0.940. The van der Waals surface area contributed by atoms with Gasteiger partial charge in [-0.3, -0.25) is 9.69 Å². The molecule has 1 amide bonds. The first-order chi connectivity index (χ1) is 8.74. The maximum absolute atomic E-state index is 12.1. The molecular weight excluding hydrogens is 294 g/mol. The summed E-state index contributed by atoms with van der Waals surface area (Å²) >= 11 is 3.31. The van der Waals surface area contributed by atoms with Gasteiger partial charge >= 0.3 is 0 Å². The molecule has 2 heterocycles. The SMILES string of the molecule is O=C(NC1CCN(C2CC2)C1)c1cccnc1Br. The standard InChI is InChI=1S/C13H16BrN3O/c14-12-11(2-1-6-15-12)13(18)16-9-5-7-17(8-9)10-3-4-10/h1-2,6,9-10H,3-5,7-8H2,(H,16,18). The minimum Gasteiger partial charge on any atom is -0.348 e. The third-order valence-electron chi connectivity index (χ3n) is 3.62. The Morgan fingerprint density at radius 1 is 1.44 bits per heavy atom. The van der Waals surface area contributed by atoms with Crippen molar-refractivity contribution in [3.63, 3.8) is 0 Å². The number of rotatable bonds is 3. The molecule has 2 fully saturated rings. The van der Waals surface area contributed by atoms with E-state index in [1.807, 2.05) is 0 Å². The number of halogens is 1. The Balaban J connectivity index is 1.60. The van der Waals surface area contributed by atoms with E-state index in [2.05, 4.69) is 31.1 Å². The first-order valence-electron chi connectivity index (χ1n) is 6.39. The molecule has 0 spiro atoms. The van der Waals surface area contributed by atoms with Crippen LogP contribution in [0.15, 0.2) is 22.9 Å². The highest BCUT2D eigenvalue weighted by Gasteiger charge is 2.34. The largest absolute Gasteiger partial charge is 0.348 e. The van der Waals surface area contributed by atoms with E-state index in [-0.39, 0.29) is 11.9 Å². The Morgan fingerprint density at radius 2 is 2.28 bits per heavy atom. The van der Waals surface area contributed by atoms with Crippen LogP contribution in [-0.2, 0) is 0 Å². The smallest absolute Gasteiger partial charge is 0.254 e. The molecule has 4 nitrogen and oxygen atoms in total. The molecule has 0 aromatic carbocycles. The Kier molecular flexibility index (Phi) is 3.35. The molecule has 1 atom stereocenters. The second-order valence-electron chi connectivity index (χ2n) is 5.03. The molecule has 1 aliphatic heterocycles. The van der Waals surface area contributed by atoms with Crippen molar-refractivity contribution in [2.75, 3.05) is 13.1 Å². The van der Waals surface area contributed by atoms with Crippen molar-refractivity contribution in [2.45, 2.75) is 31.3 Å². The van der Waals surface area contributed by atoms with E-state index >= 15 is 0 Å². The topological polar surface area (TPSA) is 45.2 Å². The second-order valence-corrected chi connectivity index (χ2v) is 5.78. The number of pyridine rings is 1. The van der Waals surface area contributed by atoms with Crippen molar-refractivity contribution in [2.24, 2.45) is 0 Å². The normalized spacial score (nSPS) is 24.2. The average Bonchev–Trinajstić information content (AvgIpc) is 3.11. The van der Waals surface area contributed by atoms with E-state index in [9.17, 15) is 4.79 Å². The lowest BCUT2D eigenvalue weighted by atomic mass is 10.2. The molecule has 1 N–H and O–H groups in total. The van der Waals surface area contributed by atoms with Gasteiger partial charge in [-0.25, -0.2) is 4.98 Å². The molecule has 0 radical (unpaired) electrons. The Labute approximate surface area is 115 Å². The van der Waals surface area contributed by atoms with Crippen LogP contribution in [0.2, 0.25) is 0 Å². The fourth-order valence-corrected chi connectivity index (χ4v) is 2.93. The molecule has 1 unspecified atom stereocenters. The molecule has 0 bridgehead atoms. The van der Waals surface area contributed by atoms with E-state index in [4.69, 9.17) is 0 Å². The molecule has 1 aromatic heterocycles. The highest BCUT2D eigenvalue weighted by Crippen LogP contribution is 2.29. The van der Waals surface area contributed by atoms with Crippen molar-refractivity contribution < 1.29 is 4.79 Å². The van der Waals surface area contributed by atoms with Crippen LogP contribution in [0.3, 0.4) is 0 Å². The third-order valence-corrected chi connectivity index (χ3v) is 4.25. The van der Waals surface area contributed by atoms with Crippen LogP contribution in [0.25, 0.3) is 0 Å². The summed E-state index contributed by atoms with van der Waals surface area (Å²) in [5, 5.41) is 3.10. The number of aromatic nitrogens is 1. The maximum Gasteiger partial charge on any atom is 0.254 e. The van der Waals surface area contributed by atoms with Crippen LogP contribution in [0, 0.1) is 0 Å². The molecule has 1 saturated heterocycles. The lowest BCUT2D eigenvalue weighted by molar-refractivity contribution is 0.0936. The van der Waals surface area contributed by atoms with Crippen molar-refractivity contribution >= 4 is 21.8 Å². The van der Waals surface area contributed by atoms with Crippen LogP contribution in [0.1, 0.15) is 29.6 Å². The molecule has 5 heteroatoms. The summed E-state index contributed by atoms with van der Waals surface area (Å²) in [5.74, 6) is -0.0300. The van der Waals surface area contributed by atoms with Gasteiger partial charge in [-0.05, 0) is 47.3 Å². The van der Waals surface area contributed by atoms with Gasteiger partial charge in [0.05, 0.1) is 5.56 Å². The van der Waals surface area contributed by atoms with Gasteiger partial charge in [-0.1, -0.05) is 0 Å².